The highest BCUT2D eigenvalue weighted by Gasteiger charge is 2.14. The number of rotatable bonds is 7. The lowest BCUT2D eigenvalue weighted by atomic mass is 10.1. The van der Waals surface area contributed by atoms with E-state index in [1.165, 1.54) is 25.3 Å². The molecule has 0 spiro atoms. The third-order valence-corrected chi connectivity index (χ3v) is 5.11. The minimum Gasteiger partial charge on any atom is -0.508 e. The number of phenols is 1. The van der Waals surface area contributed by atoms with Gasteiger partial charge >= 0.3 is 0 Å². The van der Waals surface area contributed by atoms with Crippen molar-refractivity contribution in [3.8, 4) is 23.3 Å². The number of benzene rings is 3. The highest BCUT2D eigenvalue weighted by Crippen LogP contribution is 2.38. The zero-order chi connectivity index (χ0) is 23.1. The topological polar surface area (TPSA) is 91.6 Å². The molecule has 6 nitrogen and oxygen atoms in total. The maximum Gasteiger partial charge on any atom is 0.266 e. The molecular formula is C25H21BrN2O4. The van der Waals surface area contributed by atoms with E-state index in [1.807, 2.05) is 37.3 Å². The fraction of sp³-hybridized carbons (Fsp3) is 0.120. The number of ether oxygens (including phenoxy) is 2. The lowest BCUT2D eigenvalue weighted by Gasteiger charge is -2.14. The number of aryl methyl sites for hydroxylation is 1. The number of halogens is 1. The second kappa shape index (κ2) is 10.5. The van der Waals surface area contributed by atoms with Gasteiger partial charge in [-0.2, -0.15) is 5.26 Å². The summed E-state index contributed by atoms with van der Waals surface area (Å²) in [6.07, 6.45) is 1.47. The van der Waals surface area contributed by atoms with E-state index >= 15 is 0 Å². The lowest BCUT2D eigenvalue weighted by Crippen LogP contribution is -2.13. The van der Waals surface area contributed by atoms with Gasteiger partial charge in [-0.05, 0) is 76.5 Å². The van der Waals surface area contributed by atoms with Gasteiger partial charge in [-0.3, -0.25) is 4.79 Å². The van der Waals surface area contributed by atoms with E-state index in [9.17, 15) is 15.2 Å². The van der Waals surface area contributed by atoms with Crippen molar-refractivity contribution < 1.29 is 19.4 Å². The Labute approximate surface area is 194 Å². The van der Waals surface area contributed by atoms with Gasteiger partial charge < -0.3 is 19.9 Å². The molecule has 2 N–H and O–H groups in total. The van der Waals surface area contributed by atoms with Gasteiger partial charge in [0, 0.05) is 5.69 Å². The van der Waals surface area contributed by atoms with E-state index in [4.69, 9.17) is 9.47 Å². The van der Waals surface area contributed by atoms with Crippen LogP contribution in [-0.2, 0) is 11.4 Å². The summed E-state index contributed by atoms with van der Waals surface area (Å²) in [5, 5.41) is 21.5. The highest BCUT2D eigenvalue weighted by molar-refractivity contribution is 9.10. The van der Waals surface area contributed by atoms with Gasteiger partial charge in [0.2, 0.25) is 0 Å². The smallest absolute Gasteiger partial charge is 0.266 e. The predicted molar refractivity (Wildman–Crippen MR) is 127 cm³/mol. The number of nitriles is 1. The molecule has 162 valence electrons. The van der Waals surface area contributed by atoms with Crippen molar-refractivity contribution in [1.29, 1.82) is 5.26 Å². The zero-order valence-electron chi connectivity index (χ0n) is 17.6. The normalized spacial score (nSPS) is 10.9. The van der Waals surface area contributed by atoms with Crippen molar-refractivity contribution in [2.24, 2.45) is 0 Å². The summed E-state index contributed by atoms with van der Waals surface area (Å²) in [6, 6.07) is 19.4. The summed E-state index contributed by atoms with van der Waals surface area (Å²) in [5.74, 6) is 0.515. The number of nitrogens with zero attached hydrogens (tertiary/aromatic N) is 1. The number of methoxy groups -OCH3 is 1. The van der Waals surface area contributed by atoms with Gasteiger partial charge in [-0.1, -0.05) is 29.8 Å². The molecule has 0 aliphatic rings. The van der Waals surface area contributed by atoms with Crippen molar-refractivity contribution >= 4 is 33.6 Å². The van der Waals surface area contributed by atoms with Gasteiger partial charge in [0.05, 0.1) is 11.6 Å². The van der Waals surface area contributed by atoms with Crippen LogP contribution in [-0.4, -0.2) is 18.1 Å². The molecule has 0 aliphatic carbocycles. The van der Waals surface area contributed by atoms with Crippen LogP contribution < -0.4 is 14.8 Å². The van der Waals surface area contributed by atoms with Crippen LogP contribution in [0.25, 0.3) is 6.08 Å². The minimum atomic E-state index is -0.562. The van der Waals surface area contributed by atoms with Crippen LogP contribution in [0.15, 0.2) is 70.7 Å². The zero-order valence-corrected chi connectivity index (χ0v) is 19.1. The summed E-state index contributed by atoms with van der Waals surface area (Å²) in [5.41, 5.74) is 3.15. The molecule has 3 aromatic rings. The maximum atomic E-state index is 12.5. The van der Waals surface area contributed by atoms with Crippen LogP contribution in [0.5, 0.6) is 17.2 Å². The Bertz CT molecular complexity index is 1200. The Morgan fingerprint density at radius 2 is 1.94 bits per heavy atom. The molecular weight excluding hydrogens is 472 g/mol. The molecule has 0 saturated carbocycles. The van der Waals surface area contributed by atoms with E-state index < -0.39 is 5.91 Å². The third kappa shape index (κ3) is 5.90. The van der Waals surface area contributed by atoms with Crippen LogP contribution in [0.4, 0.5) is 5.69 Å². The molecule has 0 radical (unpaired) electrons. The molecule has 0 unspecified atom stereocenters. The fourth-order valence-electron chi connectivity index (χ4n) is 2.98. The molecule has 3 aromatic carbocycles. The third-order valence-electron chi connectivity index (χ3n) is 4.52. The van der Waals surface area contributed by atoms with E-state index in [-0.39, 0.29) is 11.3 Å². The summed E-state index contributed by atoms with van der Waals surface area (Å²) in [6.45, 7) is 2.38. The van der Waals surface area contributed by atoms with Crippen LogP contribution in [0, 0.1) is 18.3 Å². The molecule has 0 atom stereocenters. The minimum absolute atomic E-state index is 0.0829. The Morgan fingerprint density at radius 1 is 1.19 bits per heavy atom. The van der Waals surface area contributed by atoms with Crippen LogP contribution in [0.2, 0.25) is 0 Å². The van der Waals surface area contributed by atoms with E-state index in [1.54, 1.807) is 24.3 Å². The van der Waals surface area contributed by atoms with E-state index in [0.29, 0.717) is 33.8 Å². The number of hydrogen-bond donors (Lipinski definition) is 2. The van der Waals surface area contributed by atoms with Crippen LogP contribution in [0.3, 0.4) is 0 Å². The number of carbonyl (C=O) groups is 1. The number of carbonyl (C=O) groups excluding carboxylic acids is 1. The van der Waals surface area contributed by atoms with Gasteiger partial charge in [-0.25, -0.2) is 0 Å². The standard InChI is InChI=1S/C25H21BrN2O4/c1-16-4-3-5-17(10-16)15-32-24-22(26)12-18(13-23(24)31-2)11-19(14-27)25(30)28-20-6-8-21(29)9-7-20/h3-13,29H,15H2,1-2H3,(H,28,30)/b19-11+. The highest BCUT2D eigenvalue weighted by atomic mass is 79.9. The molecule has 3 rings (SSSR count). The number of nitrogens with one attached hydrogen (secondary N) is 1. The molecule has 0 fully saturated rings. The van der Waals surface area contributed by atoms with Gasteiger partial charge in [0.1, 0.15) is 24.0 Å². The number of phenolic OH excluding ortho intramolecular Hbond substituents is 1. The molecule has 0 heterocycles. The fourth-order valence-corrected chi connectivity index (χ4v) is 3.55. The summed E-state index contributed by atoms with van der Waals surface area (Å²) in [7, 11) is 1.53. The average molecular weight is 493 g/mol. The SMILES string of the molecule is COc1cc(/C=C(\C#N)C(=O)Nc2ccc(O)cc2)cc(Br)c1OCc1cccc(C)c1. The largest absolute Gasteiger partial charge is 0.508 e. The number of aromatic hydroxyl groups is 1. The summed E-state index contributed by atoms with van der Waals surface area (Å²) < 4.78 is 12.1. The first-order chi connectivity index (χ1) is 15.4. The molecule has 32 heavy (non-hydrogen) atoms. The van der Waals surface area contributed by atoms with Crippen LogP contribution in [0.1, 0.15) is 16.7 Å². The lowest BCUT2D eigenvalue weighted by molar-refractivity contribution is -0.112. The Kier molecular flexibility index (Phi) is 7.53. The van der Waals surface area contributed by atoms with Crippen LogP contribution >= 0.6 is 15.9 Å². The van der Waals surface area contributed by atoms with Crippen molar-refractivity contribution in [3.63, 3.8) is 0 Å². The Morgan fingerprint density at radius 3 is 2.59 bits per heavy atom. The van der Waals surface area contributed by atoms with Crippen molar-refractivity contribution in [1.82, 2.24) is 0 Å². The summed E-state index contributed by atoms with van der Waals surface area (Å²) in [4.78, 5) is 12.5. The van der Waals surface area contributed by atoms with E-state index in [0.717, 1.165) is 11.1 Å². The Hall–Kier alpha value is -3.76. The number of amides is 1. The first-order valence-electron chi connectivity index (χ1n) is 9.67. The monoisotopic (exact) mass is 492 g/mol. The average Bonchev–Trinajstić information content (AvgIpc) is 2.77. The molecule has 0 saturated heterocycles. The van der Waals surface area contributed by atoms with Crippen molar-refractivity contribution in [2.45, 2.75) is 13.5 Å². The number of hydrogen-bond acceptors (Lipinski definition) is 5. The second-order valence-electron chi connectivity index (χ2n) is 6.98. The molecule has 1 amide bonds. The maximum absolute atomic E-state index is 12.5. The van der Waals surface area contributed by atoms with Gasteiger partial charge in [-0.15, -0.1) is 0 Å². The Balaban J connectivity index is 1.81. The molecule has 0 aliphatic heterocycles. The van der Waals surface area contributed by atoms with E-state index in [2.05, 4.69) is 21.2 Å². The van der Waals surface area contributed by atoms with Gasteiger partial charge in [0.25, 0.3) is 5.91 Å². The molecule has 7 heteroatoms. The van der Waals surface area contributed by atoms with Gasteiger partial charge in [0.15, 0.2) is 11.5 Å². The van der Waals surface area contributed by atoms with Crippen molar-refractivity contribution in [3.05, 3.63) is 87.4 Å². The quantitative estimate of drug-likeness (QED) is 0.254. The molecule has 0 bridgehead atoms. The van der Waals surface area contributed by atoms with Crippen molar-refractivity contribution in [2.75, 3.05) is 12.4 Å². The first-order valence-corrected chi connectivity index (χ1v) is 10.5. The first kappa shape index (κ1) is 22.9. The summed E-state index contributed by atoms with van der Waals surface area (Å²) >= 11 is 3.49. The molecule has 0 aromatic heterocycles. The second-order valence-corrected chi connectivity index (χ2v) is 7.84. The number of anilines is 1. The predicted octanol–water partition coefficient (Wildman–Crippen LogP) is 5.60.